The number of hydrogen-bond acceptors (Lipinski definition) is 5. The molecule has 0 amide bonds. The van der Waals surface area contributed by atoms with E-state index in [1.807, 2.05) is 20.8 Å². The van der Waals surface area contributed by atoms with Gasteiger partial charge < -0.3 is 0 Å². The van der Waals surface area contributed by atoms with Crippen molar-refractivity contribution in [3.63, 3.8) is 0 Å². The second kappa shape index (κ2) is 4.23. The summed E-state index contributed by atoms with van der Waals surface area (Å²) < 4.78 is 22.6. The Balaban J connectivity index is 3.04. The zero-order chi connectivity index (χ0) is 12.6. The van der Waals surface area contributed by atoms with Crippen molar-refractivity contribution in [2.75, 3.05) is 0 Å². The molecule has 5 nitrogen and oxygen atoms in total. The van der Waals surface area contributed by atoms with E-state index in [4.69, 9.17) is 4.78 Å². The molecular weight excluding hydrogens is 246 g/mol. The zero-order valence-electron chi connectivity index (χ0n) is 9.66. The first-order valence-corrected chi connectivity index (χ1v) is 7.10. The van der Waals surface area contributed by atoms with Crippen molar-refractivity contribution in [1.82, 2.24) is 9.71 Å². The molecule has 0 saturated carbocycles. The van der Waals surface area contributed by atoms with Gasteiger partial charge in [-0.3, -0.25) is 4.79 Å². The van der Waals surface area contributed by atoms with Crippen LogP contribution in [0.1, 0.15) is 38.2 Å². The third-order valence-corrected chi connectivity index (χ3v) is 4.65. The van der Waals surface area contributed by atoms with Crippen molar-refractivity contribution in [1.29, 1.82) is 4.78 Å². The molecule has 7 heteroatoms. The number of aromatic nitrogens is 1. The van der Waals surface area contributed by atoms with Crippen LogP contribution in [0.15, 0.2) is 9.72 Å². The first-order chi connectivity index (χ1) is 7.12. The molecule has 0 bridgehead atoms. The van der Waals surface area contributed by atoms with E-state index in [-0.39, 0.29) is 15.8 Å². The molecule has 0 spiro atoms. The molecule has 0 aromatic carbocycles. The van der Waals surface area contributed by atoms with Gasteiger partial charge in [0, 0.05) is 17.8 Å². The molecule has 0 saturated heterocycles. The fraction of sp³-hybridized carbons (Fsp3) is 0.556. The molecule has 1 aromatic heterocycles. The second-order valence-corrected chi connectivity index (χ2v) is 7.28. The molecule has 0 aliphatic carbocycles. The van der Waals surface area contributed by atoms with Gasteiger partial charge in [-0.2, -0.15) is 0 Å². The zero-order valence-corrected chi connectivity index (χ0v) is 11.3. The molecule has 90 valence electrons. The summed E-state index contributed by atoms with van der Waals surface area (Å²) in [6, 6.07) is 0. The van der Waals surface area contributed by atoms with Crippen LogP contribution < -0.4 is 4.72 Å². The van der Waals surface area contributed by atoms with Crippen molar-refractivity contribution >= 4 is 27.0 Å². The number of ketones is 1. The van der Waals surface area contributed by atoms with Crippen LogP contribution in [0.3, 0.4) is 0 Å². The predicted molar refractivity (Wildman–Crippen MR) is 64.1 cm³/mol. The Hall–Kier alpha value is -0.790. The van der Waals surface area contributed by atoms with Crippen LogP contribution >= 0.6 is 11.3 Å². The average molecular weight is 261 g/mol. The Kier molecular flexibility index (Phi) is 3.51. The van der Waals surface area contributed by atoms with E-state index < -0.39 is 15.5 Å². The van der Waals surface area contributed by atoms with Crippen LogP contribution in [0.2, 0.25) is 0 Å². The first-order valence-electron chi connectivity index (χ1n) is 4.66. The summed E-state index contributed by atoms with van der Waals surface area (Å²) >= 11 is 1.07. The van der Waals surface area contributed by atoms with E-state index >= 15 is 0 Å². The van der Waals surface area contributed by atoms with Gasteiger partial charge in [0.1, 0.15) is 5.69 Å². The first kappa shape index (κ1) is 13.3. The van der Waals surface area contributed by atoms with Gasteiger partial charge in [-0.1, -0.05) is 0 Å². The molecule has 1 aromatic rings. The van der Waals surface area contributed by atoms with E-state index in [9.17, 15) is 9.00 Å². The van der Waals surface area contributed by atoms with E-state index in [1.165, 1.54) is 12.3 Å². The standard InChI is InChI=1S/C9H15N3O2S2/c1-6(13)7-5-15-8(11-7)16(10,14)12-9(2,3)4/h5H,1-4H3,(H2,10,12,14). The van der Waals surface area contributed by atoms with Crippen LogP contribution in [0.25, 0.3) is 0 Å². The summed E-state index contributed by atoms with van der Waals surface area (Å²) in [6.45, 7) is 6.85. The van der Waals surface area contributed by atoms with Gasteiger partial charge in [-0.05, 0) is 20.8 Å². The molecule has 0 aliphatic rings. The summed E-state index contributed by atoms with van der Waals surface area (Å²) in [7, 11) is -3.13. The Bertz CT molecular complexity index is 497. The van der Waals surface area contributed by atoms with Crippen LogP contribution in [0.4, 0.5) is 0 Å². The fourth-order valence-corrected chi connectivity index (χ4v) is 3.60. The third kappa shape index (κ3) is 3.36. The predicted octanol–water partition coefficient (Wildman–Crippen LogP) is 2.05. The minimum atomic E-state index is -3.13. The molecule has 1 rings (SSSR count). The largest absolute Gasteiger partial charge is 0.293 e. The maximum atomic E-state index is 12.0. The third-order valence-electron chi connectivity index (χ3n) is 1.54. The smallest absolute Gasteiger partial charge is 0.204 e. The summed E-state index contributed by atoms with van der Waals surface area (Å²) in [5, 5.41) is 1.52. The number of nitrogens with one attached hydrogen (secondary N) is 2. The van der Waals surface area contributed by atoms with Crippen molar-refractivity contribution in [2.45, 2.75) is 37.6 Å². The SMILES string of the molecule is CC(=O)c1csc(S(=N)(=O)NC(C)(C)C)n1. The number of nitrogens with zero attached hydrogens (tertiary/aromatic N) is 1. The van der Waals surface area contributed by atoms with Gasteiger partial charge in [-0.25, -0.2) is 18.7 Å². The Morgan fingerprint density at radius 3 is 2.50 bits per heavy atom. The van der Waals surface area contributed by atoms with E-state index in [0.717, 1.165) is 11.3 Å². The van der Waals surface area contributed by atoms with E-state index in [0.29, 0.717) is 0 Å². The van der Waals surface area contributed by atoms with Gasteiger partial charge in [0.05, 0.1) is 0 Å². The number of rotatable bonds is 3. The van der Waals surface area contributed by atoms with Crippen LogP contribution in [0.5, 0.6) is 0 Å². The minimum absolute atomic E-state index is 0.146. The highest BCUT2D eigenvalue weighted by Gasteiger charge is 2.22. The molecule has 1 atom stereocenters. The summed E-state index contributed by atoms with van der Waals surface area (Å²) in [4.78, 5) is 14.9. The molecule has 0 aliphatic heterocycles. The fourth-order valence-electron chi connectivity index (χ4n) is 1.03. The van der Waals surface area contributed by atoms with Gasteiger partial charge in [-0.15, -0.1) is 11.3 Å². The summed E-state index contributed by atoms with van der Waals surface area (Å²) in [5.74, 6) is -0.187. The highest BCUT2D eigenvalue weighted by atomic mass is 32.2. The van der Waals surface area contributed by atoms with Crippen LogP contribution in [-0.4, -0.2) is 20.5 Å². The van der Waals surface area contributed by atoms with Crippen molar-refractivity contribution < 1.29 is 9.00 Å². The van der Waals surface area contributed by atoms with E-state index in [1.54, 1.807) is 0 Å². The lowest BCUT2D eigenvalue weighted by Gasteiger charge is -2.20. The van der Waals surface area contributed by atoms with Gasteiger partial charge in [0.25, 0.3) is 0 Å². The van der Waals surface area contributed by atoms with Gasteiger partial charge in [0.2, 0.25) is 4.34 Å². The summed E-state index contributed by atoms with van der Waals surface area (Å²) in [6.07, 6.45) is 0. The molecule has 16 heavy (non-hydrogen) atoms. The molecule has 2 N–H and O–H groups in total. The lowest BCUT2D eigenvalue weighted by Crippen LogP contribution is -2.39. The Morgan fingerprint density at radius 1 is 1.56 bits per heavy atom. The maximum Gasteiger partial charge on any atom is 0.204 e. The minimum Gasteiger partial charge on any atom is -0.293 e. The highest BCUT2D eigenvalue weighted by Crippen LogP contribution is 2.18. The number of thiazole rings is 1. The topological polar surface area (TPSA) is 82.9 Å². The molecule has 1 heterocycles. The summed E-state index contributed by atoms with van der Waals surface area (Å²) in [5.41, 5.74) is -0.184. The normalized spacial score (nSPS) is 15.8. The van der Waals surface area contributed by atoms with Crippen molar-refractivity contribution in [2.24, 2.45) is 0 Å². The lowest BCUT2D eigenvalue weighted by molar-refractivity contribution is 0.101. The van der Waals surface area contributed by atoms with Gasteiger partial charge >= 0.3 is 0 Å². The molecule has 0 radical (unpaired) electrons. The number of carbonyl (C=O) groups is 1. The van der Waals surface area contributed by atoms with Crippen LogP contribution in [-0.2, 0) is 9.92 Å². The molecular formula is C9H15N3O2S2. The van der Waals surface area contributed by atoms with E-state index in [2.05, 4.69) is 9.71 Å². The Labute approximate surface area is 99.4 Å². The Morgan fingerprint density at radius 2 is 2.12 bits per heavy atom. The molecule has 1 unspecified atom stereocenters. The van der Waals surface area contributed by atoms with Crippen LogP contribution in [0, 0.1) is 4.78 Å². The van der Waals surface area contributed by atoms with Crippen molar-refractivity contribution in [3.8, 4) is 0 Å². The number of hydrogen-bond donors (Lipinski definition) is 2. The average Bonchev–Trinajstić information content (AvgIpc) is 2.46. The van der Waals surface area contributed by atoms with Crippen molar-refractivity contribution in [3.05, 3.63) is 11.1 Å². The second-order valence-electron chi connectivity index (χ2n) is 4.46. The van der Waals surface area contributed by atoms with Gasteiger partial charge in [0.15, 0.2) is 15.7 Å². The lowest BCUT2D eigenvalue weighted by atomic mass is 10.1. The highest BCUT2D eigenvalue weighted by molar-refractivity contribution is 7.92. The quantitative estimate of drug-likeness (QED) is 0.817. The maximum absolute atomic E-state index is 12.0. The monoisotopic (exact) mass is 261 g/mol. The number of Topliss-reactive ketones (excluding diaryl/α,β-unsaturated/α-hetero) is 1. The molecule has 0 fully saturated rings. The number of carbonyl (C=O) groups excluding carboxylic acids is 1.